The van der Waals surface area contributed by atoms with Gasteiger partial charge in [0, 0.05) is 37.7 Å². The van der Waals surface area contributed by atoms with Crippen LogP contribution in [-0.2, 0) is 0 Å². The minimum absolute atomic E-state index is 0.0347. The van der Waals surface area contributed by atoms with E-state index in [0.717, 1.165) is 5.69 Å². The summed E-state index contributed by atoms with van der Waals surface area (Å²) in [4.78, 5) is 30.8. The molecule has 2 amide bonds. The Labute approximate surface area is 173 Å². The second kappa shape index (κ2) is 8.45. The minimum Gasteiger partial charge on any atom is -0.349 e. The Hall–Kier alpha value is -3.19. The summed E-state index contributed by atoms with van der Waals surface area (Å²) in [6.07, 6.45) is 6.30. The zero-order valence-corrected chi connectivity index (χ0v) is 16.4. The maximum Gasteiger partial charge on any atom is 0.274 e. The van der Waals surface area contributed by atoms with Gasteiger partial charge >= 0.3 is 0 Å². The van der Waals surface area contributed by atoms with Crippen molar-refractivity contribution in [3.05, 3.63) is 77.3 Å². The van der Waals surface area contributed by atoms with Crippen molar-refractivity contribution in [2.75, 3.05) is 13.1 Å². The summed E-state index contributed by atoms with van der Waals surface area (Å²) >= 11 is 6.20. The largest absolute Gasteiger partial charge is 0.349 e. The Kier molecular flexibility index (Phi) is 5.57. The lowest BCUT2D eigenvalue weighted by molar-refractivity contribution is 0.0692. The molecule has 1 fully saturated rings. The van der Waals surface area contributed by atoms with E-state index < -0.39 is 0 Å². The van der Waals surface area contributed by atoms with E-state index in [1.54, 1.807) is 52.4 Å². The fourth-order valence-electron chi connectivity index (χ4n) is 3.36. The Balaban J connectivity index is 1.35. The molecule has 148 valence electrons. The number of halogens is 1. The zero-order valence-electron chi connectivity index (χ0n) is 15.7. The molecule has 29 heavy (non-hydrogen) atoms. The number of pyridine rings is 1. The Bertz CT molecular complexity index is 1010. The number of amides is 2. The molecule has 3 aromatic rings. The lowest BCUT2D eigenvalue weighted by Gasteiger charge is -2.32. The third-order valence-electron chi connectivity index (χ3n) is 4.95. The molecule has 0 unspecified atom stereocenters. The standard InChI is InChI=1S/C21H20ClN5O2/c22-17-5-1-2-6-19(17)27-13-9-18(25-27)21(29)26-11-7-16(8-12-26)24-20(28)15-4-3-10-23-14-15/h1-6,9-10,13-14,16H,7-8,11-12H2,(H,24,28). The van der Waals surface area contributed by atoms with E-state index in [2.05, 4.69) is 15.4 Å². The number of para-hydroxylation sites is 1. The summed E-state index contributed by atoms with van der Waals surface area (Å²) < 4.78 is 1.61. The average Bonchev–Trinajstić information content (AvgIpc) is 3.25. The molecule has 0 bridgehead atoms. The highest BCUT2D eigenvalue weighted by Gasteiger charge is 2.26. The summed E-state index contributed by atoms with van der Waals surface area (Å²) in [5.41, 5.74) is 1.64. The van der Waals surface area contributed by atoms with Crippen LogP contribution in [0.3, 0.4) is 0 Å². The van der Waals surface area contributed by atoms with Crippen molar-refractivity contribution in [1.82, 2.24) is 25.0 Å². The SMILES string of the molecule is O=C(NC1CCN(C(=O)c2ccn(-c3ccccc3Cl)n2)CC1)c1cccnc1. The van der Waals surface area contributed by atoms with Crippen molar-refractivity contribution in [3.8, 4) is 5.69 Å². The third-order valence-corrected chi connectivity index (χ3v) is 5.27. The number of aromatic nitrogens is 3. The van der Waals surface area contributed by atoms with Crippen molar-refractivity contribution >= 4 is 23.4 Å². The topological polar surface area (TPSA) is 80.1 Å². The fourth-order valence-corrected chi connectivity index (χ4v) is 3.59. The molecule has 1 aromatic carbocycles. The highest BCUT2D eigenvalue weighted by molar-refractivity contribution is 6.32. The monoisotopic (exact) mass is 409 g/mol. The summed E-state index contributed by atoms with van der Waals surface area (Å²) in [6.45, 7) is 1.13. The van der Waals surface area contributed by atoms with Crippen LogP contribution in [0.1, 0.15) is 33.7 Å². The highest BCUT2D eigenvalue weighted by atomic mass is 35.5. The first-order valence-electron chi connectivity index (χ1n) is 9.42. The molecule has 0 spiro atoms. The van der Waals surface area contributed by atoms with Crippen LogP contribution in [0.15, 0.2) is 61.1 Å². The molecule has 1 N–H and O–H groups in total. The molecule has 0 aliphatic carbocycles. The van der Waals surface area contributed by atoms with Gasteiger partial charge in [0.2, 0.25) is 0 Å². The molecular formula is C21H20ClN5O2. The summed E-state index contributed by atoms with van der Waals surface area (Å²) in [6, 6.07) is 12.5. The van der Waals surface area contributed by atoms with Crippen LogP contribution in [0.2, 0.25) is 5.02 Å². The Morgan fingerprint density at radius 1 is 1.07 bits per heavy atom. The van der Waals surface area contributed by atoms with Gasteiger partial charge in [0.05, 0.1) is 16.3 Å². The van der Waals surface area contributed by atoms with Crippen molar-refractivity contribution in [2.45, 2.75) is 18.9 Å². The maximum absolute atomic E-state index is 12.8. The van der Waals surface area contributed by atoms with Gasteiger partial charge in [-0.2, -0.15) is 5.10 Å². The van der Waals surface area contributed by atoms with Gasteiger partial charge in [-0.3, -0.25) is 14.6 Å². The minimum atomic E-state index is -0.138. The second-order valence-corrected chi connectivity index (χ2v) is 7.29. The first-order valence-corrected chi connectivity index (χ1v) is 9.80. The molecular weight excluding hydrogens is 390 g/mol. The van der Waals surface area contributed by atoms with Gasteiger partial charge in [0.15, 0.2) is 5.69 Å². The van der Waals surface area contributed by atoms with Gasteiger partial charge in [-0.1, -0.05) is 23.7 Å². The number of hydrogen-bond acceptors (Lipinski definition) is 4. The van der Waals surface area contributed by atoms with Gasteiger partial charge in [0.1, 0.15) is 0 Å². The normalized spacial score (nSPS) is 14.6. The number of carbonyl (C=O) groups excluding carboxylic acids is 2. The number of likely N-dealkylation sites (tertiary alicyclic amines) is 1. The number of rotatable bonds is 4. The average molecular weight is 410 g/mol. The lowest BCUT2D eigenvalue weighted by atomic mass is 10.0. The van der Waals surface area contributed by atoms with E-state index in [4.69, 9.17) is 11.6 Å². The number of nitrogens with zero attached hydrogens (tertiary/aromatic N) is 4. The molecule has 1 aliphatic heterocycles. The Morgan fingerprint density at radius 3 is 2.59 bits per heavy atom. The number of benzene rings is 1. The fraction of sp³-hybridized carbons (Fsp3) is 0.238. The molecule has 1 aliphatic rings. The van der Waals surface area contributed by atoms with Crippen LogP contribution in [0.25, 0.3) is 5.69 Å². The molecule has 0 saturated carbocycles. The number of carbonyl (C=O) groups is 2. The van der Waals surface area contributed by atoms with E-state index in [1.165, 1.54) is 0 Å². The first-order chi connectivity index (χ1) is 14.1. The lowest BCUT2D eigenvalue weighted by Crippen LogP contribution is -2.46. The van der Waals surface area contributed by atoms with Crippen molar-refractivity contribution in [2.24, 2.45) is 0 Å². The van der Waals surface area contributed by atoms with Crippen LogP contribution in [0.4, 0.5) is 0 Å². The molecule has 0 radical (unpaired) electrons. The third kappa shape index (κ3) is 4.30. The number of piperidine rings is 1. The molecule has 8 heteroatoms. The quantitative estimate of drug-likeness (QED) is 0.718. The van der Waals surface area contributed by atoms with Crippen LogP contribution >= 0.6 is 11.6 Å². The van der Waals surface area contributed by atoms with E-state index in [-0.39, 0.29) is 17.9 Å². The number of nitrogens with one attached hydrogen (secondary N) is 1. The molecule has 1 saturated heterocycles. The second-order valence-electron chi connectivity index (χ2n) is 6.88. The van der Waals surface area contributed by atoms with Crippen molar-refractivity contribution in [3.63, 3.8) is 0 Å². The van der Waals surface area contributed by atoms with Crippen LogP contribution < -0.4 is 5.32 Å². The zero-order chi connectivity index (χ0) is 20.2. The predicted octanol–water partition coefficient (Wildman–Crippen LogP) is 2.96. The van der Waals surface area contributed by atoms with Crippen molar-refractivity contribution in [1.29, 1.82) is 0 Å². The van der Waals surface area contributed by atoms with Gasteiger partial charge in [-0.25, -0.2) is 4.68 Å². The summed E-state index contributed by atoms with van der Waals surface area (Å²) in [7, 11) is 0. The maximum atomic E-state index is 12.8. The summed E-state index contributed by atoms with van der Waals surface area (Å²) in [5, 5.41) is 7.97. The molecule has 7 nitrogen and oxygen atoms in total. The van der Waals surface area contributed by atoms with Crippen molar-refractivity contribution < 1.29 is 9.59 Å². The molecule has 0 atom stereocenters. The van der Waals surface area contributed by atoms with Crippen LogP contribution in [0, 0.1) is 0 Å². The first kappa shape index (κ1) is 19.1. The van der Waals surface area contributed by atoms with E-state index in [1.807, 2.05) is 18.2 Å². The summed E-state index contributed by atoms with van der Waals surface area (Å²) in [5.74, 6) is -0.255. The Morgan fingerprint density at radius 2 is 1.86 bits per heavy atom. The molecule has 3 heterocycles. The van der Waals surface area contributed by atoms with Crippen LogP contribution in [0.5, 0.6) is 0 Å². The van der Waals surface area contributed by atoms with E-state index >= 15 is 0 Å². The molecule has 4 rings (SSSR count). The van der Waals surface area contributed by atoms with Gasteiger partial charge in [-0.15, -0.1) is 0 Å². The van der Waals surface area contributed by atoms with Gasteiger partial charge in [0.25, 0.3) is 11.8 Å². The van der Waals surface area contributed by atoms with Gasteiger partial charge < -0.3 is 10.2 Å². The van der Waals surface area contributed by atoms with E-state index in [9.17, 15) is 9.59 Å². The highest BCUT2D eigenvalue weighted by Crippen LogP contribution is 2.20. The van der Waals surface area contributed by atoms with E-state index in [0.29, 0.717) is 42.2 Å². The number of hydrogen-bond donors (Lipinski definition) is 1. The predicted molar refractivity (Wildman–Crippen MR) is 109 cm³/mol. The smallest absolute Gasteiger partial charge is 0.274 e. The van der Waals surface area contributed by atoms with Crippen LogP contribution in [-0.4, -0.2) is 50.6 Å². The van der Waals surface area contributed by atoms with Gasteiger partial charge in [-0.05, 0) is 43.2 Å². The molecule has 2 aromatic heterocycles.